The quantitative estimate of drug-likeness (QED) is 0.349. The van der Waals surface area contributed by atoms with Crippen molar-refractivity contribution in [1.29, 1.82) is 0 Å². The number of alkyl halides is 3. The fourth-order valence-corrected chi connectivity index (χ4v) is 6.32. The van der Waals surface area contributed by atoms with Gasteiger partial charge in [-0.15, -0.1) is 11.3 Å². The molecule has 3 N–H and O–H groups in total. The van der Waals surface area contributed by atoms with Gasteiger partial charge in [0.1, 0.15) is 11.5 Å². The third-order valence-corrected chi connectivity index (χ3v) is 8.97. The maximum Gasteiger partial charge on any atom is 0.417 e. The minimum absolute atomic E-state index is 0.0255. The summed E-state index contributed by atoms with van der Waals surface area (Å²) in [5.74, 6) is -0.683. The van der Waals surface area contributed by atoms with Gasteiger partial charge in [0.25, 0.3) is 11.8 Å². The Balaban J connectivity index is 1.78. The van der Waals surface area contributed by atoms with Crippen molar-refractivity contribution in [2.24, 2.45) is 5.92 Å². The highest BCUT2D eigenvalue weighted by molar-refractivity contribution is 7.17. The average molecular weight is 582 g/mol. The van der Waals surface area contributed by atoms with E-state index in [4.69, 9.17) is 0 Å². The van der Waals surface area contributed by atoms with Crippen LogP contribution >= 0.6 is 11.3 Å². The van der Waals surface area contributed by atoms with E-state index < -0.39 is 29.2 Å². The second-order valence-corrected chi connectivity index (χ2v) is 12.6. The molecule has 2 aromatic heterocycles. The number of pyridine rings is 1. The Labute approximate surface area is 236 Å². The van der Waals surface area contributed by atoms with Crippen molar-refractivity contribution >= 4 is 29.0 Å². The minimum Gasteiger partial charge on any atom is -0.389 e. The highest BCUT2D eigenvalue weighted by Gasteiger charge is 2.40. The zero-order valence-electron chi connectivity index (χ0n) is 23.6. The molecular weight excluding hydrogens is 543 g/mol. The largest absolute Gasteiger partial charge is 0.417 e. The van der Waals surface area contributed by atoms with Crippen LogP contribution in [0.2, 0.25) is 0 Å². The molecule has 3 heterocycles. The highest BCUT2D eigenvalue weighted by atomic mass is 32.1. The van der Waals surface area contributed by atoms with E-state index in [1.807, 2.05) is 20.8 Å². The van der Waals surface area contributed by atoms with Gasteiger partial charge in [0.05, 0.1) is 16.0 Å². The molecule has 4 rings (SSSR count). The summed E-state index contributed by atoms with van der Waals surface area (Å²) in [7, 11) is 0. The van der Waals surface area contributed by atoms with E-state index in [0.29, 0.717) is 12.3 Å². The Morgan fingerprint density at radius 2 is 1.93 bits per heavy atom. The second kappa shape index (κ2) is 11.6. The van der Waals surface area contributed by atoms with Crippen LogP contribution in [-0.4, -0.2) is 62.1 Å². The maximum atomic E-state index is 14.4. The fourth-order valence-electron chi connectivity index (χ4n) is 5.32. The van der Waals surface area contributed by atoms with E-state index in [0.717, 1.165) is 55.7 Å². The van der Waals surface area contributed by atoms with Crippen LogP contribution in [0.1, 0.15) is 99.0 Å². The summed E-state index contributed by atoms with van der Waals surface area (Å²) in [5.41, 5.74) is -2.65. The molecule has 2 fully saturated rings. The molecule has 220 valence electrons. The SMILES string of the molecule is CCC1CCC(C)N1C(=O)c1nc(C(=O)NCC(C)(C)O)sc1-c1cnc(NC(C)C2CCC2)cc1C(F)(F)F. The number of likely N-dealkylation sites (tertiary alicyclic amines) is 1. The lowest BCUT2D eigenvalue weighted by molar-refractivity contribution is -0.137. The number of nitrogens with zero attached hydrogens (tertiary/aromatic N) is 3. The van der Waals surface area contributed by atoms with Gasteiger partial charge in [0.2, 0.25) is 0 Å². The van der Waals surface area contributed by atoms with E-state index in [2.05, 4.69) is 20.6 Å². The van der Waals surface area contributed by atoms with Gasteiger partial charge in [-0.3, -0.25) is 9.59 Å². The number of aromatic nitrogens is 2. The molecule has 2 aromatic rings. The number of hydrogen-bond acceptors (Lipinski definition) is 7. The average Bonchev–Trinajstić information content (AvgIpc) is 3.44. The molecule has 2 aliphatic rings. The first kappa shape index (κ1) is 30.2. The van der Waals surface area contributed by atoms with Crippen molar-refractivity contribution in [1.82, 2.24) is 20.2 Å². The summed E-state index contributed by atoms with van der Waals surface area (Å²) in [6.07, 6.45) is 1.80. The number of anilines is 1. The number of carbonyl (C=O) groups excluding carboxylic acids is 2. The Hall–Kier alpha value is -2.73. The number of rotatable bonds is 9. The number of aliphatic hydroxyl groups is 1. The maximum absolute atomic E-state index is 14.4. The van der Waals surface area contributed by atoms with Crippen LogP contribution in [0.5, 0.6) is 0 Å². The summed E-state index contributed by atoms with van der Waals surface area (Å²) in [6, 6.07) is 0.769. The summed E-state index contributed by atoms with van der Waals surface area (Å²) in [6.45, 7) is 8.73. The Kier molecular flexibility index (Phi) is 8.79. The third-order valence-electron chi connectivity index (χ3n) is 7.88. The van der Waals surface area contributed by atoms with Gasteiger partial charge in [0.15, 0.2) is 5.01 Å². The molecule has 1 saturated carbocycles. The summed E-state index contributed by atoms with van der Waals surface area (Å²) in [4.78, 5) is 37.0. The number of halogens is 3. The molecule has 1 saturated heterocycles. The molecule has 12 heteroatoms. The van der Waals surface area contributed by atoms with Gasteiger partial charge >= 0.3 is 6.18 Å². The standard InChI is InChI=1S/C28H38F3N5O3S/c1-6-18-11-10-15(2)36(18)26(38)22-23(40-25(35-22)24(37)33-14-27(4,5)39)19-13-32-21(12-20(19)28(29,30)31)34-16(3)17-8-7-9-17/h12-13,15-18,39H,6-11,14H2,1-5H3,(H,32,34)(H,33,37). The smallest absolute Gasteiger partial charge is 0.389 e. The van der Waals surface area contributed by atoms with Crippen LogP contribution in [0, 0.1) is 5.92 Å². The van der Waals surface area contributed by atoms with Crippen LogP contribution in [0.3, 0.4) is 0 Å². The van der Waals surface area contributed by atoms with Crippen molar-refractivity contribution in [3.05, 3.63) is 28.5 Å². The molecule has 3 unspecified atom stereocenters. The molecule has 1 aliphatic carbocycles. The van der Waals surface area contributed by atoms with E-state index in [1.54, 1.807) is 4.90 Å². The second-order valence-electron chi connectivity index (χ2n) is 11.6. The van der Waals surface area contributed by atoms with E-state index in [-0.39, 0.29) is 51.6 Å². The molecule has 0 spiro atoms. The number of amides is 2. The van der Waals surface area contributed by atoms with Gasteiger partial charge < -0.3 is 20.6 Å². The van der Waals surface area contributed by atoms with Crippen LogP contribution in [0.4, 0.5) is 19.0 Å². The first-order chi connectivity index (χ1) is 18.7. The summed E-state index contributed by atoms with van der Waals surface area (Å²) in [5, 5.41) is 15.5. The Morgan fingerprint density at radius 3 is 2.50 bits per heavy atom. The molecule has 40 heavy (non-hydrogen) atoms. The Bertz CT molecular complexity index is 1240. The lowest BCUT2D eigenvalue weighted by atomic mass is 9.80. The number of carbonyl (C=O) groups is 2. The monoisotopic (exact) mass is 581 g/mol. The van der Waals surface area contributed by atoms with E-state index in [9.17, 15) is 27.9 Å². The lowest BCUT2D eigenvalue weighted by Crippen LogP contribution is -2.40. The van der Waals surface area contributed by atoms with Crippen molar-refractivity contribution in [2.75, 3.05) is 11.9 Å². The molecule has 0 radical (unpaired) electrons. The molecule has 0 bridgehead atoms. The van der Waals surface area contributed by atoms with Crippen LogP contribution in [0.25, 0.3) is 10.4 Å². The first-order valence-corrected chi connectivity index (χ1v) is 14.7. The van der Waals surface area contributed by atoms with E-state index >= 15 is 0 Å². The summed E-state index contributed by atoms with van der Waals surface area (Å²) < 4.78 is 43.3. The van der Waals surface area contributed by atoms with Gasteiger partial charge in [-0.2, -0.15) is 13.2 Å². The van der Waals surface area contributed by atoms with Gasteiger partial charge in [-0.1, -0.05) is 13.3 Å². The van der Waals surface area contributed by atoms with Crippen molar-refractivity contribution in [2.45, 2.75) is 103 Å². The van der Waals surface area contributed by atoms with Crippen molar-refractivity contribution in [3.8, 4) is 10.4 Å². The molecule has 1 aliphatic heterocycles. The molecular formula is C28H38F3N5O3S. The topological polar surface area (TPSA) is 107 Å². The summed E-state index contributed by atoms with van der Waals surface area (Å²) >= 11 is 0.723. The zero-order chi connectivity index (χ0) is 29.4. The van der Waals surface area contributed by atoms with Crippen LogP contribution in [0.15, 0.2) is 12.3 Å². The first-order valence-electron chi connectivity index (χ1n) is 13.9. The number of thiazole rings is 1. The van der Waals surface area contributed by atoms with Crippen molar-refractivity contribution < 1.29 is 27.9 Å². The predicted molar refractivity (Wildman–Crippen MR) is 148 cm³/mol. The van der Waals surface area contributed by atoms with E-state index in [1.165, 1.54) is 13.8 Å². The highest BCUT2D eigenvalue weighted by Crippen LogP contribution is 2.43. The lowest BCUT2D eigenvalue weighted by Gasteiger charge is -2.32. The van der Waals surface area contributed by atoms with Crippen molar-refractivity contribution in [3.63, 3.8) is 0 Å². The fraction of sp³-hybridized carbons (Fsp3) is 0.643. The van der Waals surface area contributed by atoms with Crippen LogP contribution in [-0.2, 0) is 6.18 Å². The normalized spacial score (nSPS) is 20.8. The van der Waals surface area contributed by atoms with Crippen LogP contribution < -0.4 is 10.6 Å². The van der Waals surface area contributed by atoms with Gasteiger partial charge in [-0.05, 0) is 71.8 Å². The number of nitrogens with one attached hydrogen (secondary N) is 2. The van der Waals surface area contributed by atoms with Gasteiger partial charge in [0, 0.05) is 36.4 Å². The molecule has 3 atom stereocenters. The minimum atomic E-state index is -4.74. The predicted octanol–water partition coefficient (Wildman–Crippen LogP) is 5.73. The molecule has 0 aromatic carbocycles. The Morgan fingerprint density at radius 1 is 1.23 bits per heavy atom. The molecule has 8 nitrogen and oxygen atoms in total. The third kappa shape index (κ3) is 6.59. The van der Waals surface area contributed by atoms with Gasteiger partial charge in [-0.25, -0.2) is 9.97 Å². The zero-order valence-corrected chi connectivity index (χ0v) is 24.4. The molecule has 2 amide bonds. The number of hydrogen-bond donors (Lipinski definition) is 3.